The van der Waals surface area contributed by atoms with E-state index in [1.54, 1.807) is 0 Å². The molecule has 0 heterocycles. The summed E-state index contributed by atoms with van der Waals surface area (Å²) in [5, 5.41) is 6.36. The SMILES string of the molecule is CC(C)C(=O)Nc1cccc(NCC2CCC2)c1. The number of benzene rings is 1. The zero-order chi connectivity index (χ0) is 13.0. The number of amides is 1. The fraction of sp³-hybridized carbons (Fsp3) is 0.533. The average Bonchev–Trinajstić information content (AvgIpc) is 2.27. The maximum Gasteiger partial charge on any atom is 0.226 e. The summed E-state index contributed by atoms with van der Waals surface area (Å²) in [7, 11) is 0. The predicted molar refractivity (Wildman–Crippen MR) is 75.7 cm³/mol. The van der Waals surface area contributed by atoms with Crippen molar-refractivity contribution in [3.8, 4) is 0 Å². The molecular formula is C15H22N2O. The normalized spacial score (nSPS) is 15.3. The van der Waals surface area contributed by atoms with Crippen molar-refractivity contribution in [2.75, 3.05) is 17.2 Å². The highest BCUT2D eigenvalue weighted by Crippen LogP contribution is 2.26. The summed E-state index contributed by atoms with van der Waals surface area (Å²) >= 11 is 0. The minimum atomic E-state index is 0.0107. The monoisotopic (exact) mass is 246 g/mol. The van der Waals surface area contributed by atoms with Crippen molar-refractivity contribution in [2.45, 2.75) is 33.1 Å². The van der Waals surface area contributed by atoms with Crippen LogP contribution in [-0.4, -0.2) is 12.5 Å². The van der Waals surface area contributed by atoms with Gasteiger partial charge in [-0.1, -0.05) is 26.3 Å². The highest BCUT2D eigenvalue weighted by molar-refractivity contribution is 5.92. The van der Waals surface area contributed by atoms with Crippen molar-refractivity contribution in [2.24, 2.45) is 11.8 Å². The van der Waals surface area contributed by atoms with Crippen LogP contribution in [0.25, 0.3) is 0 Å². The molecule has 0 atom stereocenters. The van der Waals surface area contributed by atoms with Crippen LogP contribution >= 0.6 is 0 Å². The Morgan fingerprint density at radius 2 is 2.06 bits per heavy atom. The molecule has 1 aliphatic rings. The van der Waals surface area contributed by atoms with E-state index in [9.17, 15) is 4.79 Å². The van der Waals surface area contributed by atoms with Gasteiger partial charge in [-0.2, -0.15) is 0 Å². The van der Waals surface area contributed by atoms with Crippen LogP contribution < -0.4 is 10.6 Å². The van der Waals surface area contributed by atoms with Gasteiger partial charge < -0.3 is 10.6 Å². The molecule has 2 rings (SSSR count). The Labute approximate surface area is 109 Å². The first-order valence-corrected chi connectivity index (χ1v) is 6.80. The number of carbonyl (C=O) groups is 1. The highest BCUT2D eigenvalue weighted by Gasteiger charge is 2.16. The van der Waals surface area contributed by atoms with Gasteiger partial charge in [0.05, 0.1) is 0 Å². The zero-order valence-electron chi connectivity index (χ0n) is 11.2. The molecule has 0 saturated heterocycles. The fourth-order valence-electron chi connectivity index (χ4n) is 1.95. The number of rotatable bonds is 5. The molecule has 0 aromatic heterocycles. The summed E-state index contributed by atoms with van der Waals surface area (Å²) in [5.74, 6) is 0.904. The molecule has 1 aromatic carbocycles. The molecule has 1 aromatic rings. The van der Waals surface area contributed by atoms with Gasteiger partial charge in [0.15, 0.2) is 0 Å². The van der Waals surface area contributed by atoms with Gasteiger partial charge in [-0.05, 0) is 37.0 Å². The van der Waals surface area contributed by atoms with Gasteiger partial charge in [-0.3, -0.25) is 4.79 Å². The first kappa shape index (κ1) is 12.9. The summed E-state index contributed by atoms with van der Waals surface area (Å²) in [6, 6.07) is 7.94. The van der Waals surface area contributed by atoms with E-state index < -0.39 is 0 Å². The molecule has 98 valence electrons. The van der Waals surface area contributed by atoms with Crippen LogP contribution in [0.1, 0.15) is 33.1 Å². The van der Waals surface area contributed by atoms with Crippen LogP contribution in [0.3, 0.4) is 0 Å². The smallest absolute Gasteiger partial charge is 0.226 e. The quantitative estimate of drug-likeness (QED) is 0.835. The molecule has 2 N–H and O–H groups in total. The Morgan fingerprint density at radius 3 is 2.67 bits per heavy atom. The number of anilines is 2. The minimum Gasteiger partial charge on any atom is -0.385 e. The van der Waals surface area contributed by atoms with Gasteiger partial charge in [-0.15, -0.1) is 0 Å². The minimum absolute atomic E-state index is 0.0107. The number of carbonyl (C=O) groups excluding carboxylic acids is 1. The number of nitrogens with one attached hydrogen (secondary N) is 2. The first-order chi connectivity index (χ1) is 8.65. The lowest BCUT2D eigenvalue weighted by molar-refractivity contribution is -0.118. The maximum atomic E-state index is 11.6. The van der Waals surface area contributed by atoms with E-state index in [-0.39, 0.29) is 11.8 Å². The Hall–Kier alpha value is -1.51. The lowest BCUT2D eigenvalue weighted by atomic mass is 9.85. The molecule has 1 amide bonds. The second-order valence-electron chi connectivity index (χ2n) is 5.40. The van der Waals surface area contributed by atoms with E-state index in [1.165, 1.54) is 19.3 Å². The van der Waals surface area contributed by atoms with E-state index in [0.717, 1.165) is 23.8 Å². The van der Waals surface area contributed by atoms with Crippen LogP contribution in [-0.2, 0) is 4.79 Å². The molecule has 18 heavy (non-hydrogen) atoms. The molecular weight excluding hydrogens is 224 g/mol. The van der Waals surface area contributed by atoms with Crippen molar-refractivity contribution in [3.05, 3.63) is 24.3 Å². The lowest BCUT2D eigenvalue weighted by Crippen LogP contribution is -2.21. The summed E-state index contributed by atoms with van der Waals surface area (Å²) in [6.45, 7) is 4.84. The summed E-state index contributed by atoms with van der Waals surface area (Å²) in [6.07, 6.45) is 4.06. The van der Waals surface area contributed by atoms with Crippen molar-refractivity contribution >= 4 is 17.3 Å². The molecule has 3 heteroatoms. The summed E-state index contributed by atoms with van der Waals surface area (Å²) in [4.78, 5) is 11.6. The molecule has 1 fully saturated rings. The number of hydrogen-bond donors (Lipinski definition) is 2. The van der Waals surface area contributed by atoms with Crippen molar-refractivity contribution in [1.82, 2.24) is 0 Å². The van der Waals surface area contributed by atoms with Crippen LogP contribution in [0.5, 0.6) is 0 Å². The fourth-order valence-corrected chi connectivity index (χ4v) is 1.95. The lowest BCUT2D eigenvalue weighted by Gasteiger charge is -2.26. The van der Waals surface area contributed by atoms with Gasteiger partial charge in [0, 0.05) is 23.8 Å². The molecule has 3 nitrogen and oxygen atoms in total. The van der Waals surface area contributed by atoms with Crippen LogP contribution in [0, 0.1) is 11.8 Å². The third kappa shape index (κ3) is 3.49. The third-order valence-corrected chi connectivity index (χ3v) is 3.47. The third-order valence-electron chi connectivity index (χ3n) is 3.47. The van der Waals surface area contributed by atoms with E-state index in [4.69, 9.17) is 0 Å². The molecule has 0 radical (unpaired) electrons. The number of hydrogen-bond acceptors (Lipinski definition) is 2. The van der Waals surface area contributed by atoms with Gasteiger partial charge >= 0.3 is 0 Å². The van der Waals surface area contributed by atoms with Crippen molar-refractivity contribution in [3.63, 3.8) is 0 Å². The molecule has 1 saturated carbocycles. The second-order valence-corrected chi connectivity index (χ2v) is 5.40. The molecule has 0 spiro atoms. The average molecular weight is 246 g/mol. The highest BCUT2D eigenvalue weighted by atomic mass is 16.1. The van der Waals surface area contributed by atoms with Crippen LogP contribution in [0.15, 0.2) is 24.3 Å². The standard InChI is InChI=1S/C15H22N2O/c1-11(2)15(18)17-14-8-4-7-13(9-14)16-10-12-5-3-6-12/h4,7-9,11-12,16H,3,5-6,10H2,1-2H3,(H,17,18). The largest absolute Gasteiger partial charge is 0.385 e. The second kappa shape index (κ2) is 5.89. The molecule has 1 aliphatic carbocycles. The van der Waals surface area contributed by atoms with E-state index >= 15 is 0 Å². The van der Waals surface area contributed by atoms with Gasteiger partial charge in [0.2, 0.25) is 5.91 Å². The van der Waals surface area contributed by atoms with Gasteiger partial charge in [0.1, 0.15) is 0 Å². The molecule has 0 bridgehead atoms. The first-order valence-electron chi connectivity index (χ1n) is 6.80. The zero-order valence-corrected chi connectivity index (χ0v) is 11.2. The Kier molecular flexibility index (Phi) is 4.24. The Morgan fingerprint density at radius 1 is 1.33 bits per heavy atom. The Balaban J connectivity index is 1.89. The van der Waals surface area contributed by atoms with Crippen molar-refractivity contribution < 1.29 is 4.79 Å². The van der Waals surface area contributed by atoms with E-state index in [2.05, 4.69) is 10.6 Å². The van der Waals surface area contributed by atoms with E-state index in [0.29, 0.717) is 0 Å². The predicted octanol–water partition coefficient (Wildman–Crippen LogP) is 3.49. The van der Waals surface area contributed by atoms with Crippen LogP contribution in [0.2, 0.25) is 0 Å². The maximum absolute atomic E-state index is 11.6. The molecule has 0 unspecified atom stereocenters. The topological polar surface area (TPSA) is 41.1 Å². The van der Waals surface area contributed by atoms with Gasteiger partial charge in [-0.25, -0.2) is 0 Å². The summed E-state index contributed by atoms with van der Waals surface area (Å²) < 4.78 is 0. The van der Waals surface area contributed by atoms with Gasteiger partial charge in [0.25, 0.3) is 0 Å². The molecule has 0 aliphatic heterocycles. The summed E-state index contributed by atoms with van der Waals surface area (Å²) in [5.41, 5.74) is 1.95. The van der Waals surface area contributed by atoms with Crippen LogP contribution in [0.4, 0.5) is 11.4 Å². The van der Waals surface area contributed by atoms with E-state index in [1.807, 2.05) is 38.1 Å². The Bertz CT molecular complexity index is 411. The van der Waals surface area contributed by atoms with Crippen molar-refractivity contribution in [1.29, 1.82) is 0 Å².